The first kappa shape index (κ1) is 32.3. The number of benzene rings is 1. The molecule has 1 aliphatic rings. The van der Waals surface area contributed by atoms with Gasteiger partial charge in [0.25, 0.3) is 11.8 Å². The minimum absolute atomic E-state index is 0.0298. The quantitative estimate of drug-likeness (QED) is 0.313. The van der Waals surface area contributed by atoms with Crippen LogP contribution in [0, 0.1) is 17.3 Å². The maximum absolute atomic E-state index is 14.6. The van der Waals surface area contributed by atoms with Gasteiger partial charge in [0.05, 0.1) is 36.1 Å². The number of hydrogen-bond acceptors (Lipinski definition) is 6. The van der Waals surface area contributed by atoms with Gasteiger partial charge in [0.1, 0.15) is 0 Å². The van der Waals surface area contributed by atoms with E-state index < -0.39 is 29.5 Å². The molecule has 0 radical (unpaired) electrons. The lowest BCUT2D eigenvalue weighted by Gasteiger charge is -2.52. The molecule has 2 aromatic rings. The van der Waals surface area contributed by atoms with Crippen LogP contribution < -0.4 is 0 Å². The van der Waals surface area contributed by atoms with Crippen molar-refractivity contribution in [1.82, 2.24) is 24.4 Å². The number of imidazole rings is 1. The summed E-state index contributed by atoms with van der Waals surface area (Å²) in [5.74, 6) is -0.843. The van der Waals surface area contributed by atoms with E-state index in [1.165, 1.54) is 19.1 Å². The number of para-hydroxylation sites is 2. The number of aromatic nitrogens is 2. The zero-order valence-corrected chi connectivity index (χ0v) is 25.8. The number of piperidine rings is 1. The number of rotatable bonds is 11. The van der Waals surface area contributed by atoms with Crippen LogP contribution in [0.1, 0.15) is 64.5 Å². The van der Waals surface area contributed by atoms with E-state index >= 15 is 0 Å². The van der Waals surface area contributed by atoms with E-state index in [4.69, 9.17) is 14.6 Å². The van der Waals surface area contributed by atoms with Gasteiger partial charge in [-0.1, -0.05) is 46.8 Å². The highest BCUT2D eigenvalue weighted by molar-refractivity contribution is 5.95. The molecular formula is C30H47N5O6. The van der Waals surface area contributed by atoms with E-state index in [1.807, 2.05) is 63.5 Å². The van der Waals surface area contributed by atoms with Gasteiger partial charge in [-0.2, -0.15) is 0 Å². The lowest BCUT2D eigenvalue weighted by Crippen LogP contribution is -2.66. The number of methoxy groups -OCH3 is 1. The van der Waals surface area contributed by atoms with E-state index in [0.29, 0.717) is 31.9 Å². The molecule has 0 saturated carbocycles. The molecule has 1 saturated heterocycles. The van der Waals surface area contributed by atoms with Crippen LogP contribution in [0.5, 0.6) is 0 Å². The van der Waals surface area contributed by atoms with Crippen molar-refractivity contribution in [2.75, 3.05) is 41.0 Å². The van der Waals surface area contributed by atoms with Crippen molar-refractivity contribution in [2.45, 2.75) is 72.5 Å². The molecule has 41 heavy (non-hydrogen) atoms. The van der Waals surface area contributed by atoms with Crippen molar-refractivity contribution < 1.29 is 29.1 Å². The molecule has 228 valence electrons. The molecule has 0 spiro atoms. The second-order valence-electron chi connectivity index (χ2n) is 12.4. The summed E-state index contributed by atoms with van der Waals surface area (Å²) in [6, 6.07) is 6.58. The van der Waals surface area contributed by atoms with Crippen LogP contribution in [0.4, 0.5) is 4.79 Å². The Hall–Kier alpha value is -3.18. The highest BCUT2D eigenvalue weighted by Crippen LogP contribution is 2.38. The highest BCUT2D eigenvalue weighted by Gasteiger charge is 2.50. The number of carbonyl (C=O) groups excluding carboxylic acids is 2. The molecule has 2 heterocycles. The third-order valence-corrected chi connectivity index (χ3v) is 7.76. The maximum atomic E-state index is 14.6. The topological polar surface area (TPSA) is 117 Å². The predicted octanol–water partition coefficient (Wildman–Crippen LogP) is 4.36. The largest absolute Gasteiger partial charge is 0.465 e. The van der Waals surface area contributed by atoms with Crippen LogP contribution in [0.15, 0.2) is 24.3 Å². The van der Waals surface area contributed by atoms with Gasteiger partial charge in [-0.05, 0) is 42.7 Å². The number of ether oxygens (including phenoxy) is 1. The number of hydrogen-bond donors (Lipinski definition) is 1. The average Bonchev–Trinajstić information content (AvgIpc) is 3.29. The molecule has 11 heteroatoms. The molecular weight excluding hydrogens is 526 g/mol. The first-order valence-corrected chi connectivity index (χ1v) is 14.4. The van der Waals surface area contributed by atoms with E-state index in [1.54, 1.807) is 12.0 Å². The second-order valence-corrected chi connectivity index (χ2v) is 12.4. The van der Waals surface area contributed by atoms with E-state index in [-0.39, 0.29) is 24.3 Å². The predicted molar refractivity (Wildman–Crippen MR) is 156 cm³/mol. The van der Waals surface area contributed by atoms with Crippen LogP contribution in [-0.4, -0.2) is 100 Å². The fourth-order valence-corrected chi connectivity index (χ4v) is 5.99. The summed E-state index contributed by atoms with van der Waals surface area (Å²) in [5.41, 5.74) is 1.08. The Morgan fingerprint density at radius 1 is 1.15 bits per heavy atom. The number of fused-ring (bicyclic) bond motifs is 1. The first-order valence-electron chi connectivity index (χ1n) is 14.4. The molecule has 1 aliphatic heterocycles. The van der Waals surface area contributed by atoms with Crippen LogP contribution in [0.25, 0.3) is 11.0 Å². The summed E-state index contributed by atoms with van der Waals surface area (Å²) in [7, 11) is 4.59. The van der Waals surface area contributed by atoms with Gasteiger partial charge in [-0.3, -0.25) is 14.4 Å². The van der Waals surface area contributed by atoms with Gasteiger partial charge in [0, 0.05) is 40.4 Å². The smallest absolute Gasteiger partial charge is 0.407 e. The average molecular weight is 574 g/mol. The molecule has 3 amide bonds. The minimum atomic E-state index is -1.12. The van der Waals surface area contributed by atoms with Crippen molar-refractivity contribution in [3.05, 3.63) is 30.1 Å². The Morgan fingerprint density at radius 2 is 1.83 bits per heavy atom. The molecule has 1 aromatic heterocycles. The number of unbranched alkanes of at least 4 members (excludes halogenated alkanes) is 1. The van der Waals surface area contributed by atoms with Crippen LogP contribution in [0.2, 0.25) is 0 Å². The minimum Gasteiger partial charge on any atom is -0.465 e. The van der Waals surface area contributed by atoms with E-state index in [2.05, 4.69) is 0 Å². The molecule has 1 N–H and O–H groups in total. The van der Waals surface area contributed by atoms with Gasteiger partial charge in [-0.15, -0.1) is 0 Å². The number of aryl methyl sites for hydroxylation is 1. The van der Waals surface area contributed by atoms with Crippen LogP contribution in [-0.2, 0) is 20.9 Å². The maximum Gasteiger partial charge on any atom is 0.407 e. The third-order valence-electron chi connectivity index (χ3n) is 7.76. The summed E-state index contributed by atoms with van der Waals surface area (Å²) in [6.45, 7) is 11.6. The normalized spacial score (nSPS) is 19.5. The van der Waals surface area contributed by atoms with Crippen molar-refractivity contribution in [3.63, 3.8) is 0 Å². The molecule has 3 rings (SSSR count). The summed E-state index contributed by atoms with van der Waals surface area (Å²) >= 11 is 0. The Bertz CT molecular complexity index is 1210. The molecule has 11 nitrogen and oxygen atoms in total. The lowest BCUT2D eigenvalue weighted by atomic mass is 9.74. The Balaban J connectivity index is 2.14. The van der Waals surface area contributed by atoms with E-state index in [0.717, 1.165) is 28.9 Å². The molecule has 0 bridgehead atoms. The summed E-state index contributed by atoms with van der Waals surface area (Å²) in [6.07, 6.45) is 0.838. The second kappa shape index (κ2) is 13.7. The van der Waals surface area contributed by atoms with Gasteiger partial charge in [0.15, 0.2) is 5.82 Å². The Kier molecular flexibility index (Phi) is 10.8. The fourth-order valence-electron chi connectivity index (χ4n) is 5.99. The number of carboxylic acid groups (broad SMARTS) is 1. The fraction of sp³-hybridized carbons (Fsp3) is 0.667. The summed E-state index contributed by atoms with van der Waals surface area (Å²) in [4.78, 5) is 53.6. The number of amides is 3. The van der Waals surface area contributed by atoms with Crippen LogP contribution in [0.3, 0.4) is 0 Å². The summed E-state index contributed by atoms with van der Waals surface area (Å²) < 4.78 is 7.19. The third kappa shape index (κ3) is 7.37. The number of carbonyl (C=O) groups is 3. The summed E-state index contributed by atoms with van der Waals surface area (Å²) in [5, 5.41) is 11.5. The van der Waals surface area contributed by atoms with Gasteiger partial charge in [-0.25, -0.2) is 14.8 Å². The monoisotopic (exact) mass is 573 g/mol. The van der Waals surface area contributed by atoms with Crippen molar-refractivity contribution in [2.24, 2.45) is 17.3 Å². The lowest BCUT2D eigenvalue weighted by molar-refractivity contribution is -0.177. The highest BCUT2D eigenvalue weighted by atomic mass is 16.7. The molecule has 1 unspecified atom stereocenters. The number of hydroxylamine groups is 2. The molecule has 3 atom stereocenters. The first-order chi connectivity index (χ1) is 19.3. The molecule has 0 aliphatic carbocycles. The SMILES string of the molecule is COCCCCn1c(C(=O)N(CC(C)C)[C@H]2C[C@@H](C(=O)N(C)OC)CN(C(=O)O)C2C(C)(C)C)nc2ccccc21. The van der Waals surface area contributed by atoms with Crippen molar-refractivity contribution in [1.29, 1.82) is 0 Å². The number of likely N-dealkylation sites (tertiary alicyclic amines) is 1. The van der Waals surface area contributed by atoms with Crippen molar-refractivity contribution >= 4 is 28.9 Å². The van der Waals surface area contributed by atoms with Crippen LogP contribution >= 0.6 is 0 Å². The van der Waals surface area contributed by atoms with Gasteiger partial charge in [0.2, 0.25) is 0 Å². The Labute approximate surface area is 243 Å². The molecule has 1 aromatic carbocycles. The standard InChI is InChI=1S/C30H47N5O6/c1-20(2)18-34(28(37)26-31-22-13-9-10-14-23(22)33(26)15-11-12-16-40-7)24-17-21(27(36)32(6)41-8)19-35(29(38)39)25(24)30(3,4)5/h9-10,13-14,20-21,24-25H,11-12,15-19H2,1-8H3,(H,38,39)/t21-,24+,25?/m1/s1. The Morgan fingerprint density at radius 3 is 2.41 bits per heavy atom. The zero-order valence-electron chi connectivity index (χ0n) is 25.8. The van der Waals surface area contributed by atoms with E-state index in [9.17, 15) is 19.5 Å². The molecule has 1 fully saturated rings. The van der Waals surface area contributed by atoms with Gasteiger partial charge < -0.3 is 24.2 Å². The zero-order chi connectivity index (χ0) is 30.5. The van der Waals surface area contributed by atoms with Gasteiger partial charge >= 0.3 is 6.09 Å². The number of nitrogens with zero attached hydrogens (tertiary/aromatic N) is 5. The van der Waals surface area contributed by atoms with Crippen molar-refractivity contribution in [3.8, 4) is 0 Å².